The molecule has 0 fully saturated rings. The Balaban J connectivity index is 2.07. The highest BCUT2D eigenvalue weighted by molar-refractivity contribution is 5.69. The van der Waals surface area contributed by atoms with Crippen molar-refractivity contribution in [3.63, 3.8) is 0 Å². The van der Waals surface area contributed by atoms with Gasteiger partial charge in [-0.05, 0) is 37.5 Å². The van der Waals surface area contributed by atoms with Gasteiger partial charge >= 0.3 is 5.97 Å². The third-order valence-corrected chi connectivity index (χ3v) is 2.29. The first-order valence-electron chi connectivity index (χ1n) is 5.39. The van der Waals surface area contributed by atoms with Gasteiger partial charge in [-0.3, -0.25) is 9.78 Å². The Labute approximate surface area is 95.3 Å². The Morgan fingerprint density at radius 3 is 2.81 bits per heavy atom. The molecular weight excluding hydrogens is 206 g/mol. The monoisotopic (exact) mass is 223 g/mol. The molecule has 4 nitrogen and oxygen atoms in total. The number of hydrogen-bond acceptors (Lipinski definition) is 3. The second kappa shape index (κ2) is 6.95. The molecule has 1 atom stereocenters. The molecule has 0 saturated heterocycles. The van der Waals surface area contributed by atoms with E-state index in [0.717, 1.165) is 12.8 Å². The van der Waals surface area contributed by atoms with Crippen LogP contribution in [0.5, 0.6) is 0 Å². The van der Waals surface area contributed by atoms with Crippen molar-refractivity contribution in [3.05, 3.63) is 30.1 Å². The third-order valence-electron chi connectivity index (χ3n) is 2.29. The normalized spacial score (nSPS) is 12.3. The lowest BCUT2D eigenvalue weighted by atomic mass is 10.1. The van der Waals surface area contributed by atoms with Gasteiger partial charge in [-0.2, -0.15) is 0 Å². The van der Waals surface area contributed by atoms with Gasteiger partial charge in [0.25, 0.3) is 0 Å². The number of aromatic nitrogens is 1. The summed E-state index contributed by atoms with van der Waals surface area (Å²) in [6.45, 7) is 2.52. The predicted molar refractivity (Wildman–Crippen MR) is 60.2 cm³/mol. The van der Waals surface area contributed by atoms with Gasteiger partial charge in [0.15, 0.2) is 0 Å². The largest absolute Gasteiger partial charge is 0.481 e. The number of rotatable bonds is 7. The van der Waals surface area contributed by atoms with E-state index in [9.17, 15) is 4.79 Å². The van der Waals surface area contributed by atoms with E-state index in [0.29, 0.717) is 6.61 Å². The van der Waals surface area contributed by atoms with Crippen LogP contribution < -0.4 is 0 Å². The molecule has 0 radical (unpaired) electrons. The molecule has 1 unspecified atom stereocenters. The number of carboxylic acids is 1. The van der Waals surface area contributed by atoms with Crippen LogP contribution in [-0.2, 0) is 16.0 Å². The molecule has 1 aromatic heterocycles. The third kappa shape index (κ3) is 4.89. The molecule has 1 rings (SSSR count). The first-order valence-corrected chi connectivity index (χ1v) is 5.39. The predicted octanol–water partition coefficient (Wildman–Crippen LogP) is 1.75. The van der Waals surface area contributed by atoms with Crippen molar-refractivity contribution < 1.29 is 14.6 Å². The van der Waals surface area contributed by atoms with Crippen molar-refractivity contribution in [1.82, 2.24) is 4.98 Å². The van der Waals surface area contributed by atoms with Gasteiger partial charge in [-0.15, -0.1) is 0 Å². The minimum Gasteiger partial charge on any atom is -0.481 e. The van der Waals surface area contributed by atoms with E-state index in [2.05, 4.69) is 4.98 Å². The topological polar surface area (TPSA) is 59.4 Å². The molecule has 1 N–H and O–H groups in total. The van der Waals surface area contributed by atoms with Crippen LogP contribution >= 0.6 is 0 Å². The van der Waals surface area contributed by atoms with Crippen molar-refractivity contribution >= 4 is 5.97 Å². The maximum absolute atomic E-state index is 10.5. The summed E-state index contributed by atoms with van der Waals surface area (Å²) in [7, 11) is 0. The summed E-state index contributed by atoms with van der Waals surface area (Å²) in [5.74, 6) is -1.24. The summed E-state index contributed by atoms with van der Waals surface area (Å²) in [5.41, 5.74) is 1.23. The van der Waals surface area contributed by atoms with Crippen molar-refractivity contribution in [1.29, 1.82) is 0 Å². The maximum atomic E-state index is 10.5. The number of carbonyl (C=O) groups is 1. The standard InChI is InChI=1S/C12H17NO3/c1-10(12(14)15)9-16-8-2-3-11-4-6-13-7-5-11/h4-7,10H,2-3,8-9H2,1H3,(H,14,15). The van der Waals surface area contributed by atoms with E-state index in [-0.39, 0.29) is 6.61 Å². The Kier molecular flexibility index (Phi) is 5.50. The highest BCUT2D eigenvalue weighted by Gasteiger charge is 2.09. The summed E-state index contributed by atoms with van der Waals surface area (Å²) >= 11 is 0. The van der Waals surface area contributed by atoms with Crippen LogP contribution in [-0.4, -0.2) is 29.3 Å². The fourth-order valence-electron chi connectivity index (χ4n) is 1.26. The van der Waals surface area contributed by atoms with Crippen molar-refractivity contribution in [3.8, 4) is 0 Å². The molecule has 0 aliphatic rings. The lowest BCUT2D eigenvalue weighted by molar-refractivity contribution is -0.143. The lowest BCUT2D eigenvalue weighted by Gasteiger charge is -2.07. The molecule has 16 heavy (non-hydrogen) atoms. The van der Waals surface area contributed by atoms with E-state index >= 15 is 0 Å². The fourth-order valence-corrected chi connectivity index (χ4v) is 1.26. The van der Waals surface area contributed by atoms with E-state index < -0.39 is 11.9 Å². The number of aryl methyl sites for hydroxylation is 1. The summed E-state index contributed by atoms with van der Waals surface area (Å²) in [6.07, 6.45) is 5.37. The first kappa shape index (κ1) is 12.6. The summed E-state index contributed by atoms with van der Waals surface area (Å²) < 4.78 is 5.28. The minimum atomic E-state index is -0.811. The maximum Gasteiger partial charge on any atom is 0.308 e. The molecule has 1 heterocycles. The van der Waals surface area contributed by atoms with E-state index in [1.807, 2.05) is 12.1 Å². The van der Waals surface area contributed by atoms with Gasteiger partial charge in [0.1, 0.15) is 0 Å². The molecule has 0 aliphatic heterocycles. The zero-order chi connectivity index (χ0) is 11.8. The smallest absolute Gasteiger partial charge is 0.308 e. The number of hydrogen-bond donors (Lipinski definition) is 1. The number of pyridine rings is 1. The average Bonchev–Trinajstić information content (AvgIpc) is 2.29. The van der Waals surface area contributed by atoms with Gasteiger partial charge in [0.05, 0.1) is 12.5 Å². The Morgan fingerprint density at radius 2 is 2.19 bits per heavy atom. The summed E-state index contributed by atoms with van der Waals surface area (Å²) in [6, 6.07) is 3.94. The quantitative estimate of drug-likeness (QED) is 0.715. The highest BCUT2D eigenvalue weighted by atomic mass is 16.5. The van der Waals surface area contributed by atoms with Gasteiger partial charge in [0.2, 0.25) is 0 Å². The van der Waals surface area contributed by atoms with Crippen LogP contribution in [0.2, 0.25) is 0 Å². The molecule has 0 aliphatic carbocycles. The molecule has 0 spiro atoms. The Morgan fingerprint density at radius 1 is 1.50 bits per heavy atom. The molecular formula is C12H17NO3. The van der Waals surface area contributed by atoms with Crippen LogP contribution in [0.3, 0.4) is 0 Å². The second-order valence-corrected chi connectivity index (χ2v) is 3.77. The average molecular weight is 223 g/mol. The molecule has 88 valence electrons. The molecule has 0 amide bonds. The van der Waals surface area contributed by atoms with E-state index in [4.69, 9.17) is 9.84 Å². The van der Waals surface area contributed by atoms with E-state index in [1.54, 1.807) is 19.3 Å². The van der Waals surface area contributed by atoms with Gasteiger partial charge in [0, 0.05) is 19.0 Å². The molecule has 0 bridgehead atoms. The summed E-state index contributed by atoms with van der Waals surface area (Å²) in [5, 5.41) is 8.63. The van der Waals surface area contributed by atoms with Crippen molar-refractivity contribution in [2.45, 2.75) is 19.8 Å². The van der Waals surface area contributed by atoms with Crippen LogP contribution in [0.25, 0.3) is 0 Å². The van der Waals surface area contributed by atoms with Crippen molar-refractivity contribution in [2.75, 3.05) is 13.2 Å². The van der Waals surface area contributed by atoms with E-state index in [1.165, 1.54) is 5.56 Å². The number of nitrogens with zero attached hydrogens (tertiary/aromatic N) is 1. The molecule has 0 aromatic carbocycles. The number of carboxylic acid groups (broad SMARTS) is 1. The van der Waals surface area contributed by atoms with Crippen LogP contribution in [0.4, 0.5) is 0 Å². The fraction of sp³-hybridized carbons (Fsp3) is 0.500. The molecule has 1 aromatic rings. The summed E-state index contributed by atoms with van der Waals surface area (Å²) in [4.78, 5) is 14.4. The molecule has 0 saturated carbocycles. The van der Waals surface area contributed by atoms with Gasteiger partial charge in [-0.1, -0.05) is 0 Å². The lowest BCUT2D eigenvalue weighted by Crippen LogP contribution is -2.16. The Hall–Kier alpha value is -1.42. The van der Waals surface area contributed by atoms with Gasteiger partial charge in [-0.25, -0.2) is 0 Å². The SMILES string of the molecule is CC(COCCCc1ccncc1)C(=O)O. The van der Waals surface area contributed by atoms with Gasteiger partial charge < -0.3 is 9.84 Å². The minimum absolute atomic E-state index is 0.283. The van der Waals surface area contributed by atoms with Crippen LogP contribution in [0, 0.1) is 5.92 Å². The second-order valence-electron chi connectivity index (χ2n) is 3.77. The van der Waals surface area contributed by atoms with Crippen molar-refractivity contribution in [2.24, 2.45) is 5.92 Å². The number of aliphatic carboxylic acids is 1. The molecule has 4 heteroatoms. The zero-order valence-electron chi connectivity index (χ0n) is 9.43. The zero-order valence-corrected chi connectivity index (χ0v) is 9.43. The highest BCUT2D eigenvalue weighted by Crippen LogP contribution is 2.02. The first-order chi connectivity index (χ1) is 7.70. The number of ether oxygens (including phenoxy) is 1. The Bertz CT molecular complexity index is 313. The van der Waals surface area contributed by atoms with Crippen LogP contribution in [0.15, 0.2) is 24.5 Å². The van der Waals surface area contributed by atoms with Crippen LogP contribution in [0.1, 0.15) is 18.9 Å².